The minimum absolute atomic E-state index is 0.0288. The Hall–Kier alpha value is -2.04. The minimum Gasteiger partial charge on any atom is -0.484 e. The molecule has 1 aliphatic heterocycles. The normalized spacial score (nSPS) is 18.3. The summed E-state index contributed by atoms with van der Waals surface area (Å²) in [5.74, 6) is 0.172. The van der Waals surface area contributed by atoms with Crippen LogP contribution in [0.3, 0.4) is 0 Å². The topological polar surface area (TPSA) is 66.8 Å². The number of ether oxygens (including phenoxy) is 1. The Morgan fingerprint density at radius 1 is 1.29 bits per heavy atom. The maximum Gasteiger partial charge on any atom is 0.303 e. The van der Waals surface area contributed by atoms with Crippen molar-refractivity contribution in [2.45, 2.75) is 25.7 Å². The summed E-state index contributed by atoms with van der Waals surface area (Å²) in [6.07, 6.45) is 2.74. The molecule has 1 atom stereocenters. The second kappa shape index (κ2) is 7.67. The van der Waals surface area contributed by atoms with Crippen molar-refractivity contribution in [3.05, 3.63) is 30.3 Å². The van der Waals surface area contributed by atoms with Gasteiger partial charge in [0.05, 0.1) is 0 Å². The van der Waals surface area contributed by atoms with Crippen LogP contribution < -0.4 is 4.74 Å². The number of carboxylic acid groups (broad SMARTS) is 1. The van der Waals surface area contributed by atoms with Crippen molar-refractivity contribution < 1.29 is 19.4 Å². The molecule has 0 unspecified atom stereocenters. The highest BCUT2D eigenvalue weighted by atomic mass is 16.5. The molecule has 1 fully saturated rings. The van der Waals surface area contributed by atoms with Crippen LogP contribution in [-0.2, 0) is 9.59 Å². The van der Waals surface area contributed by atoms with E-state index in [-0.39, 0.29) is 24.9 Å². The van der Waals surface area contributed by atoms with Gasteiger partial charge in [-0.05, 0) is 37.3 Å². The second-order valence-electron chi connectivity index (χ2n) is 5.38. The van der Waals surface area contributed by atoms with E-state index >= 15 is 0 Å². The molecule has 0 aromatic heterocycles. The quantitative estimate of drug-likeness (QED) is 0.872. The molecule has 5 nitrogen and oxygen atoms in total. The van der Waals surface area contributed by atoms with Crippen LogP contribution in [0, 0.1) is 5.92 Å². The number of aliphatic carboxylic acids is 1. The highest BCUT2D eigenvalue weighted by Crippen LogP contribution is 2.21. The number of amides is 1. The van der Waals surface area contributed by atoms with Crippen LogP contribution in [0.5, 0.6) is 5.75 Å². The molecule has 1 aromatic rings. The number of benzene rings is 1. The Balaban J connectivity index is 1.77. The highest BCUT2D eigenvalue weighted by molar-refractivity contribution is 5.77. The first-order valence-electron chi connectivity index (χ1n) is 7.32. The first-order valence-corrected chi connectivity index (χ1v) is 7.32. The van der Waals surface area contributed by atoms with Crippen molar-refractivity contribution in [3.8, 4) is 5.75 Å². The van der Waals surface area contributed by atoms with Crippen LogP contribution in [0.2, 0.25) is 0 Å². The van der Waals surface area contributed by atoms with Crippen LogP contribution in [0.1, 0.15) is 25.7 Å². The number of hydrogen-bond acceptors (Lipinski definition) is 3. The second-order valence-corrected chi connectivity index (χ2v) is 5.38. The number of carboxylic acids is 1. The minimum atomic E-state index is -0.772. The molecule has 1 heterocycles. The molecule has 1 amide bonds. The standard InChI is InChI=1S/C16H21NO4/c18-15(12-21-14-6-2-1-3-7-14)17-10-4-5-13(11-17)8-9-16(19)20/h1-3,6-7,13H,4-5,8-12H2,(H,19,20)/t13-/m0/s1. The van der Waals surface area contributed by atoms with Crippen LogP contribution >= 0.6 is 0 Å². The van der Waals surface area contributed by atoms with Gasteiger partial charge in [0.1, 0.15) is 5.75 Å². The zero-order chi connectivity index (χ0) is 15.1. The molecule has 2 rings (SSSR count). The van der Waals surface area contributed by atoms with Crippen LogP contribution in [0.15, 0.2) is 30.3 Å². The van der Waals surface area contributed by atoms with Gasteiger partial charge in [-0.3, -0.25) is 9.59 Å². The molecule has 21 heavy (non-hydrogen) atoms. The summed E-state index contributed by atoms with van der Waals surface area (Å²) in [7, 11) is 0. The summed E-state index contributed by atoms with van der Waals surface area (Å²) < 4.78 is 5.47. The Kier molecular flexibility index (Phi) is 5.60. The summed E-state index contributed by atoms with van der Waals surface area (Å²) in [6, 6.07) is 9.26. The van der Waals surface area contributed by atoms with Crippen LogP contribution in [0.4, 0.5) is 0 Å². The zero-order valence-electron chi connectivity index (χ0n) is 12.0. The molecule has 114 valence electrons. The molecular formula is C16H21NO4. The van der Waals surface area contributed by atoms with Gasteiger partial charge in [0, 0.05) is 19.5 Å². The van der Waals surface area contributed by atoms with Gasteiger partial charge in [-0.25, -0.2) is 0 Å². The van der Waals surface area contributed by atoms with E-state index in [4.69, 9.17) is 9.84 Å². The lowest BCUT2D eigenvalue weighted by Crippen LogP contribution is -2.42. The van der Waals surface area contributed by atoms with Crippen molar-refractivity contribution in [2.75, 3.05) is 19.7 Å². The van der Waals surface area contributed by atoms with Gasteiger partial charge in [0.15, 0.2) is 6.61 Å². The maximum atomic E-state index is 12.1. The van der Waals surface area contributed by atoms with Crippen LogP contribution in [0.25, 0.3) is 0 Å². The lowest BCUT2D eigenvalue weighted by atomic mass is 9.93. The number of para-hydroxylation sites is 1. The fraction of sp³-hybridized carbons (Fsp3) is 0.500. The number of rotatable bonds is 6. The molecule has 0 bridgehead atoms. The van der Waals surface area contributed by atoms with Crippen molar-refractivity contribution in [3.63, 3.8) is 0 Å². The Morgan fingerprint density at radius 3 is 2.76 bits per heavy atom. The average molecular weight is 291 g/mol. The summed E-state index contributed by atoms with van der Waals surface area (Å²) >= 11 is 0. The van der Waals surface area contributed by atoms with E-state index in [1.807, 2.05) is 30.3 Å². The SMILES string of the molecule is O=C(O)CC[C@@H]1CCCN(C(=O)COc2ccccc2)C1. The van der Waals surface area contributed by atoms with Gasteiger partial charge in [0.25, 0.3) is 5.91 Å². The first kappa shape index (κ1) is 15.4. The van der Waals surface area contributed by atoms with E-state index in [0.29, 0.717) is 18.7 Å². The largest absolute Gasteiger partial charge is 0.484 e. The van der Waals surface area contributed by atoms with E-state index in [9.17, 15) is 9.59 Å². The van der Waals surface area contributed by atoms with Gasteiger partial charge < -0.3 is 14.7 Å². The molecule has 1 saturated heterocycles. The molecule has 0 spiro atoms. The van der Waals surface area contributed by atoms with E-state index < -0.39 is 5.97 Å². The fourth-order valence-electron chi connectivity index (χ4n) is 2.61. The van der Waals surface area contributed by atoms with Crippen molar-refractivity contribution in [2.24, 2.45) is 5.92 Å². The molecule has 0 radical (unpaired) electrons. The molecule has 0 aliphatic carbocycles. The fourth-order valence-corrected chi connectivity index (χ4v) is 2.61. The molecule has 1 aliphatic rings. The lowest BCUT2D eigenvalue weighted by molar-refractivity contribution is -0.137. The van der Waals surface area contributed by atoms with Crippen molar-refractivity contribution in [1.29, 1.82) is 0 Å². The van der Waals surface area contributed by atoms with E-state index in [1.54, 1.807) is 4.90 Å². The van der Waals surface area contributed by atoms with E-state index in [1.165, 1.54) is 0 Å². The average Bonchev–Trinajstić information content (AvgIpc) is 2.52. The Morgan fingerprint density at radius 2 is 2.05 bits per heavy atom. The molecule has 5 heteroatoms. The first-order chi connectivity index (χ1) is 10.1. The van der Waals surface area contributed by atoms with Gasteiger partial charge in [-0.15, -0.1) is 0 Å². The van der Waals surface area contributed by atoms with E-state index in [0.717, 1.165) is 19.4 Å². The third-order valence-electron chi connectivity index (χ3n) is 3.74. The predicted octanol–water partition coefficient (Wildman–Crippen LogP) is 2.17. The summed E-state index contributed by atoms with van der Waals surface area (Å²) in [5, 5.41) is 8.73. The third kappa shape index (κ3) is 5.10. The third-order valence-corrected chi connectivity index (χ3v) is 3.74. The number of likely N-dealkylation sites (tertiary alicyclic amines) is 1. The van der Waals surface area contributed by atoms with Gasteiger partial charge in [0.2, 0.25) is 0 Å². The monoisotopic (exact) mass is 291 g/mol. The Labute approximate surface area is 124 Å². The highest BCUT2D eigenvalue weighted by Gasteiger charge is 2.24. The molecular weight excluding hydrogens is 270 g/mol. The number of carbonyl (C=O) groups is 2. The van der Waals surface area contributed by atoms with E-state index in [2.05, 4.69) is 0 Å². The van der Waals surface area contributed by atoms with Crippen molar-refractivity contribution >= 4 is 11.9 Å². The smallest absolute Gasteiger partial charge is 0.303 e. The summed E-state index contributed by atoms with van der Waals surface area (Å²) in [4.78, 5) is 24.5. The predicted molar refractivity (Wildman–Crippen MR) is 78.1 cm³/mol. The zero-order valence-corrected chi connectivity index (χ0v) is 12.0. The summed E-state index contributed by atoms with van der Waals surface area (Å²) in [6.45, 7) is 1.42. The van der Waals surface area contributed by atoms with Gasteiger partial charge >= 0.3 is 5.97 Å². The number of nitrogens with zero attached hydrogens (tertiary/aromatic N) is 1. The number of carbonyl (C=O) groups excluding carboxylic acids is 1. The number of hydrogen-bond donors (Lipinski definition) is 1. The van der Waals surface area contributed by atoms with Crippen LogP contribution in [-0.4, -0.2) is 41.6 Å². The van der Waals surface area contributed by atoms with Gasteiger partial charge in [-0.2, -0.15) is 0 Å². The van der Waals surface area contributed by atoms with Gasteiger partial charge in [-0.1, -0.05) is 18.2 Å². The molecule has 0 saturated carbocycles. The maximum absolute atomic E-state index is 12.1. The summed E-state index contributed by atoms with van der Waals surface area (Å²) in [5.41, 5.74) is 0. The lowest BCUT2D eigenvalue weighted by Gasteiger charge is -2.32. The Bertz CT molecular complexity index is 474. The molecule has 1 aromatic carbocycles. The van der Waals surface area contributed by atoms with Crippen molar-refractivity contribution in [1.82, 2.24) is 4.90 Å². The number of piperidine rings is 1. The molecule has 1 N–H and O–H groups in total.